The summed E-state index contributed by atoms with van der Waals surface area (Å²) in [6.45, 7) is 6.36. The van der Waals surface area contributed by atoms with Crippen LogP contribution in [-0.4, -0.2) is 15.7 Å². The van der Waals surface area contributed by atoms with Gasteiger partial charge in [-0.2, -0.15) is 5.10 Å². The molecule has 0 spiro atoms. The number of nitrogens with one attached hydrogen (secondary N) is 1. The van der Waals surface area contributed by atoms with E-state index in [4.69, 9.17) is 11.6 Å². The highest BCUT2D eigenvalue weighted by Gasteiger charge is 2.18. The highest BCUT2D eigenvalue weighted by atomic mass is 35.5. The molecule has 0 aliphatic carbocycles. The molecule has 140 valence electrons. The number of carbonyl (C=O) groups is 1. The number of amides is 1. The number of benzene rings is 2. The van der Waals surface area contributed by atoms with Crippen molar-refractivity contribution in [2.45, 2.75) is 40.2 Å². The zero-order chi connectivity index (χ0) is 19.6. The highest BCUT2D eigenvalue weighted by molar-refractivity contribution is 6.34. The van der Waals surface area contributed by atoms with Gasteiger partial charge in [0.2, 0.25) is 0 Å². The minimum atomic E-state index is -0.384. The second kappa shape index (κ2) is 7.92. The number of rotatable bonds is 5. The van der Waals surface area contributed by atoms with Crippen LogP contribution in [0.3, 0.4) is 0 Å². The Morgan fingerprint density at radius 1 is 1.19 bits per heavy atom. The van der Waals surface area contributed by atoms with Crippen LogP contribution in [0.25, 0.3) is 10.8 Å². The van der Waals surface area contributed by atoms with Crippen LogP contribution in [0.15, 0.2) is 41.2 Å². The van der Waals surface area contributed by atoms with Crippen LogP contribution in [0.4, 0.5) is 5.69 Å². The molecular formula is C21H22ClN3O2. The molecule has 0 unspecified atom stereocenters. The summed E-state index contributed by atoms with van der Waals surface area (Å²) in [5, 5.41) is 8.73. The first-order valence-electron chi connectivity index (χ1n) is 9.00. The second-order valence-electron chi connectivity index (χ2n) is 6.67. The van der Waals surface area contributed by atoms with Crippen molar-refractivity contribution in [3.8, 4) is 0 Å². The molecule has 0 aliphatic heterocycles. The van der Waals surface area contributed by atoms with E-state index in [1.54, 1.807) is 30.3 Å². The quantitative estimate of drug-likeness (QED) is 0.693. The van der Waals surface area contributed by atoms with E-state index in [1.165, 1.54) is 4.68 Å². The van der Waals surface area contributed by atoms with Crippen molar-refractivity contribution in [2.24, 2.45) is 0 Å². The average molecular weight is 384 g/mol. The topological polar surface area (TPSA) is 64.0 Å². The lowest BCUT2D eigenvalue weighted by molar-refractivity contribution is 0.102. The first-order chi connectivity index (χ1) is 12.9. The first-order valence-corrected chi connectivity index (χ1v) is 9.38. The van der Waals surface area contributed by atoms with Gasteiger partial charge in [0, 0.05) is 11.9 Å². The summed E-state index contributed by atoms with van der Waals surface area (Å²) in [5.41, 5.74) is 2.49. The summed E-state index contributed by atoms with van der Waals surface area (Å²) >= 11 is 6.32. The number of unbranched alkanes of at least 4 members (excludes halogenated alkanes) is 1. The number of carbonyl (C=O) groups excluding carboxylic acids is 1. The summed E-state index contributed by atoms with van der Waals surface area (Å²) < 4.78 is 1.38. The number of nitrogens with zero attached hydrogens (tertiary/aromatic N) is 2. The Morgan fingerprint density at radius 2 is 1.89 bits per heavy atom. The van der Waals surface area contributed by atoms with Gasteiger partial charge in [0.05, 0.1) is 16.1 Å². The van der Waals surface area contributed by atoms with Crippen LogP contribution in [0.1, 0.15) is 41.4 Å². The SMILES string of the molecule is CCCCn1nc(C(=O)Nc2c(C)cc(C)cc2Cl)c2ccccc2c1=O. The first kappa shape index (κ1) is 19.1. The van der Waals surface area contributed by atoms with E-state index in [1.807, 2.05) is 26.8 Å². The number of aromatic nitrogens is 2. The van der Waals surface area contributed by atoms with Crippen molar-refractivity contribution >= 4 is 34.0 Å². The zero-order valence-electron chi connectivity index (χ0n) is 15.7. The molecule has 27 heavy (non-hydrogen) atoms. The summed E-state index contributed by atoms with van der Waals surface area (Å²) in [5.74, 6) is -0.384. The van der Waals surface area contributed by atoms with E-state index >= 15 is 0 Å². The second-order valence-corrected chi connectivity index (χ2v) is 7.08. The molecular weight excluding hydrogens is 362 g/mol. The largest absolute Gasteiger partial charge is 0.319 e. The molecule has 1 aromatic heterocycles. The van der Waals surface area contributed by atoms with Gasteiger partial charge in [-0.25, -0.2) is 4.68 Å². The Hall–Kier alpha value is -2.66. The van der Waals surface area contributed by atoms with E-state index in [0.29, 0.717) is 28.0 Å². The maximum Gasteiger partial charge on any atom is 0.276 e. The molecule has 5 nitrogen and oxygen atoms in total. The Bertz CT molecular complexity index is 1050. The molecule has 1 N–H and O–H groups in total. The summed E-state index contributed by atoms with van der Waals surface area (Å²) in [4.78, 5) is 25.7. The van der Waals surface area contributed by atoms with Gasteiger partial charge in [-0.3, -0.25) is 9.59 Å². The molecule has 0 saturated carbocycles. The molecule has 0 saturated heterocycles. The predicted octanol–water partition coefficient (Wildman–Crippen LogP) is 4.72. The van der Waals surface area contributed by atoms with Gasteiger partial charge in [-0.05, 0) is 43.5 Å². The normalized spacial score (nSPS) is 11.0. The van der Waals surface area contributed by atoms with Gasteiger partial charge in [-0.1, -0.05) is 49.2 Å². The van der Waals surface area contributed by atoms with Crippen LogP contribution >= 0.6 is 11.6 Å². The predicted molar refractivity (Wildman–Crippen MR) is 110 cm³/mol. The third-order valence-electron chi connectivity index (χ3n) is 4.48. The van der Waals surface area contributed by atoms with Crippen molar-refractivity contribution < 1.29 is 4.79 Å². The maximum atomic E-state index is 13.0. The molecule has 0 radical (unpaired) electrons. The molecule has 2 aromatic carbocycles. The number of halogens is 1. The van der Waals surface area contributed by atoms with Crippen molar-refractivity contribution in [3.63, 3.8) is 0 Å². The van der Waals surface area contributed by atoms with Crippen LogP contribution in [0.2, 0.25) is 5.02 Å². The van der Waals surface area contributed by atoms with E-state index < -0.39 is 0 Å². The van der Waals surface area contributed by atoms with Gasteiger partial charge >= 0.3 is 0 Å². The zero-order valence-corrected chi connectivity index (χ0v) is 16.4. The van der Waals surface area contributed by atoms with Crippen molar-refractivity contribution in [1.82, 2.24) is 9.78 Å². The lowest BCUT2D eigenvalue weighted by atomic mass is 10.1. The lowest BCUT2D eigenvalue weighted by Gasteiger charge is -2.14. The van der Waals surface area contributed by atoms with Crippen LogP contribution in [0, 0.1) is 13.8 Å². The average Bonchev–Trinajstić information content (AvgIpc) is 2.64. The molecule has 0 atom stereocenters. The van der Waals surface area contributed by atoms with E-state index in [9.17, 15) is 9.59 Å². The van der Waals surface area contributed by atoms with Gasteiger partial charge in [0.15, 0.2) is 5.69 Å². The Balaban J connectivity index is 2.09. The van der Waals surface area contributed by atoms with Gasteiger partial charge < -0.3 is 5.32 Å². The molecule has 1 amide bonds. The van der Waals surface area contributed by atoms with Crippen LogP contribution < -0.4 is 10.9 Å². The molecule has 3 rings (SSSR count). The minimum absolute atomic E-state index is 0.180. The third-order valence-corrected chi connectivity index (χ3v) is 4.77. The Morgan fingerprint density at radius 3 is 2.56 bits per heavy atom. The number of fused-ring (bicyclic) bond motifs is 1. The molecule has 6 heteroatoms. The molecule has 1 heterocycles. The fraction of sp³-hybridized carbons (Fsp3) is 0.286. The minimum Gasteiger partial charge on any atom is -0.319 e. The number of hydrogen-bond acceptors (Lipinski definition) is 3. The van der Waals surface area contributed by atoms with E-state index in [-0.39, 0.29) is 17.2 Å². The summed E-state index contributed by atoms with van der Waals surface area (Å²) in [6, 6.07) is 10.8. The maximum absolute atomic E-state index is 13.0. The van der Waals surface area contributed by atoms with E-state index in [0.717, 1.165) is 24.0 Å². The van der Waals surface area contributed by atoms with Gasteiger partial charge in [0.1, 0.15) is 0 Å². The molecule has 0 bridgehead atoms. The standard InChI is InChI=1S/C21H22ClN3O2/c1-4-5-10-25-21(27)16-9-7-6-8-15(16)19(24-25)20(26)23-18-14(3)11-13(2)12-17(18)22/h6-9,11-12H,4-5,10H2,1-3H3,(H,23,26). The molecule has 0 aliphatic rings. The number of aryl methyl sites for hydroxylation is 3. The van der Waals surface area contributed by atoms with Gasteiger partial charge in [0.25, 0.3) is 11.5 Å². The van der Waals surface area contributed by atoms with Crippen molar-refractivity contribution in [1.29, 1.82) is 0 Å². The Kier molecular flexibility index (Phi) is 5.61. The summed E-state index contributed by atoms with van der Waals surface area (Å²) in [6.07, 6.45) is 1.75. The van der Waals surface area contributed by atoms with Crippen molar-refractivity contribution in [3.05, 3.63) is 68.6 Å². The van der Waals surface area contributed by atoms with E-state index in [2.05, 4.69) is 10.4 Å². The lowest BCUT2D eigenvalue weighted by Crippen LogP contribution is -2.28. The number of hydrogen-bond donors (Lipinski definition) is 1. The number of anilines is 1. The van der Waals surface area contributed by atoms with Crippen LogP contribution in [0.5, 0.6) is 0 Å². The highest BCUT2D eigenvalue weighted by Crippen LogP contribution is 2.28. The fourth-order valence-electron chi connectivity index (χ4n) is 3.11. The van der Waals surface area contributed by atoms with Crippen molar-refractivity contribution in [2.75, 3.05) is 5.32 Å². The summed E-state index contributed by atoms with van der Waals surface area (Å²) in [7, 11) is 0. The Labute approximate surface area is 163 Å². The monoisotopic (exact) mass is 383 g/mol. The van der Waals surface area contributed by atoms with Gasteiger partial charge in [-0.15, -0.1) is 0 Å². The fourth-order valence-corrected chi connectivity index (χ4v) is 3.48. The third kappa shape index (κ3) is 3.88. The van der Waals surface area contributed by atoms with Crippen LogP contribution in [-0.2, 0) is 6.54 Å². The smallest absolute Gasteiger partial charge is 0.276 e. The molecule has 3 aromatic rings. The molecule has 0 fully saturated rings.